The van der Waals surface area contributed by atoms with E-state index in [-0.39, 0.29) is 17.9 Å². The van der Waals surface area contributed by atoms with E-state index in [1.807, 2.05) is 4.68 Å². The zero-order valence-corrected chi connectivity index (χ0v) is 12.2. The summed E-state index contributed by atoms with van der Waals surface area (Å²) in [7, 11) is 1.53. The number of aromatic nitrogens is 3. The van der Waals surface area contributed by atoms with Gasteiger partial charge in [-0.1, -0.05) is 13.8 Å². The van der Waals surface area contributed by atoms with E-state index in [4.69, 9.17) is 0 Å². The van der Waals surface area contributed by atoms with E-state index in [1.165, 1.54) is 18.3 Å². The van der Waals surface area contributed by atoms with Crippen molar-refractivity contribution in [2.24, 2.45) is 5.92 Å². The van der Waals surface area contributed by atoms with Crippen molar-refractivity contribution in [3.8, 4) is 0 Å². The minimum Gasteiger partial charge on any atom is -0.299 e. The lowest BCUT2D eigenvalue weighted by molar-refractivity contribution is -0.148. The first-order chi connectivity index (χ1) is 9.49. The average Bonchev–Trinajstić information content (AvgIpc) is 2.82. The van der Waals surface area contributed by atoms with Crippen molar-refractivity contribution < 1.29 is 9.59 Å². The number of nitrogens with one attached hydrogen (secondary N) is 1. The first-order valence-corrected chi connectivity index (χ1v) is 6.89. The van der Waals surface area contributed by atoms with Gasteiger partial charge in [0, 0.05) is 20.0 Å². The molecule has 2 rings (SSSR count). The second-order valence-corrected chi connectivity index (χ2v) is 5.52. The maximum atomic E-state index is 12.0. The normalized spacial score (nSPS) is 20.0. The molecule has 7 heteroatoms. The van der Waals surface area contributed by atoms with E-state index in [2.05, 4.69) is 29.2 Å². The van der Waals surface area contributed by atoms with Crippen LogP contribution in [-0.4, -0.2) is 44.6 Å². The molecule has 1 N–H and O–H groups in total. The molecular weight excluding hydrogens is 258 g/mol. The molecule has 2 amide bonds. The van der Waals surface area contributed by atoms with Gasteiger partial charge < -0.3 is 0 Å². The van der Waals surface area contributed by atoms with Gasteiger partial charge in [-0.15, -0.1) is 0 Å². The zero-order valence-electron chi connectivity index (χ0n) is 12.2. The number of piperidine rings is 1. The highest BCUT2D eigenvalue weighted by Crippen LogP contribution is 2.12. The lowest BCUT2D eigenvalue weighted by atomic mass is 10.0. The molecule has 1 aromatic heterocycles. The number of likely N-dealkylation sites (tertiary alicyclic amines) is 1. The molecule has 1 aromatic rings. The smallest absolute Gasteiger partial charge is 0.246 e. The summed E-state index contributed by atoms with van der Waals surface area (Å²) >= 11 is 0. The van der Waals surface area contributed by atoms with Gasteiger partial charge in [-0.2, -0.15) is 5.10 Å². The van der Waals surface area contributed by atoms with Gasteiger partial charge in [0.2, 0.25) is 11.8 Å². The zero-order chi connectivity index (χ0) is 14.7. The molecule has 0 aliphatic carbocycles. The summed E-state index contributed by atoms with van der Waals surface area (Å²) in [5.74, 6) is 1.01. The Hall–Kier alpha value is -1.76. The summed E-state index contributed by atoms with van der Waals surface area (Å²) in [6.45, 7) is 5.51. The number of amides is 2. The van der Waals surface area contributed by atoms with E-state index < -0.39 is 0 Å². The van der Waals surface area contributed by atoms with Crippen LogP contribution in [0, 0.1) is 5.92 Å². The molecule has 0 bridgehead atoms. The number of hydrogen-bond acceptors (Lipinski definition) is 5. The molecule has 1 fully saturated rings. The van der Waals surface area contributed by atoms with Crippen LogP contribution in [-0.2, 0) is 22.7 Å². The summed E-state index contributed by atoms with van der Waals surface area (Å²) < 4.78 is 1.85. The molecule has 1 atom stereocenters. The lowest BCUT2D eigenvalue weighted by Gasteiger charge is -2.28. The summed E-state index contributed by atoms with van der Waals surface area (Å²) in [4.78, 5) is 28.8. The summed E-state index contributed by atoms with van der Waals surface area (Å²) in [6, 6.07) is -0.318. The summed E-state index contributed by atoms with van der Waals surface area (Å²) in [5.41, 5.74) is 0. The largest absolute Gasteiger partial charge is 0.299 e. The molecule has 0 saturated carbocycles. The minimum absolute atomic E-state index is 0.115. The van der Waals surface area contributed by atoms with Gasteiger partial charge >= 0.3 is 0 Å². The Labute approximate surface area is 118 Å². The SMILES string of the molecule is CC(C)Cn1ncnc1CNC1CCC(=O)N(C)C1=O. The second-order valence-electron chi connectivity index (χ2n) is 5.52. The predicted molar refractivity (Wildman–Crippen MR) is 72.5 cm³/mol. The van der Waals surface area contributed by atoms with E-state index >= 15 is 0 Å². The van der Waals surface area contributed by atoms with Crippen molar-refractivity contribution in [3.63, 3.8) is 0 Å². The van der Waals surface area contributed by atoms with Crippen molar-refractivity contribution in [3.05, 3.63) is 12.2 Å². The minimum atomic E-state index is -0.318. The van der Waals surface area contributed by atoms with Gasteiger partial charge in [-0.25, -0.2) is 9.67 Å². The van der Waals surface area contributed by atoms with Crippen LogP contribution in [0.1, 0.15) is 32.5 Å². The van der Waals surface area contributed by atoms with E-state index in [0.717, 1.165) is 12.4 Å². The van der Waals surface area contributed by atoms with E-state index in [0.29, 0.717) is 25.3 Å². The molecule has 1 aliphatic heterocycles. The highest BCUT2D eigenvalue weighted by Gasteiger charge is 2.31. The quantitative estimate of drug-likeness (QED) is 0.777. The Kier molecular flexibility index (Phi) is 4.49. The van der Waals surface area contributed by atoms with Crippen molar-refractivity contribution in [1.29, 1.82) is 0 Å². The second kappa shape index (κ2) is 6.13. The number of imide groups is 1. The maximum absolute atomic E-state index is 12.0. The fourth-order valence-corrected chi connectivity index (χ4v) is 2.24. The standard InChI is InChI=1S/C13H21N5O2/c1-9(2)7-18-11(15-8-16-18)6-14-10-4-5-12(19)17(3)13(10)20/h8-10,14H,4-7H2,1-3H3. The molecule has 7 nitrogen and oxygen atoms in total. The topological polar surface area (TPSA) is 80.1 Å². The first kappa shape index (κ1) is 14.6. The van der Waals surface area contributed by atoms with Crippen LogP contribution in [0.3, 0.4) is 0 Å². The van der Waals surface area contributed by atoms with Crippen molar-refractivity contribution >= 4 is 11.8 Å². The van der Waals surface area contributed by atoms with Crippen molar-refractivity contribution in [2.45, 2.75) is 45.8 Å². The predicted octanol–water partition coefficient (Wildman–Crippen LogP) is 0.171. The number of nitrogens with zero attached hydrogens (tertiary/aromatic N) is 4. The summed E-state index contributed by atoms with van der Waals surface area (Å²) in [6.07, 6.45) is 2.47. The van der Waals surface area contributed by atoms with Gasteiger partial charge in [0.05, 0.1) is 12.6 Å². The molecule has 20 heavy (non-hydrogen) atoms. The Balaban J connectivity index is 1.94. The van der Waals surface area contributed by atoms with Gasteiger partial charge in [0.1, 0.15) is 12.2 Å². The average molecular weight is 279 g/mol. The molecule has 1 unspecified atom stereocenters. The Morgan fingerprint density at radius 1 is 1.45 bits per heavy atom. The molecular formula is C13H21N5O2. The van der Waals surface area contributed by atoms with Crippen LogP contribution in [0.4, 0.5) is 0 Å². The van der Waals surface area contributed by atoms with Crippen LogP contribution < -0.4 is 5.32 Å². The number of carbonyl (C=O) groups is 2. The summed E-state index contributed by atoms with van der Waals surface area (Å²) in [5, 5.41) is 7.35. The van der Waals surface area contributed by atoms with E-state index in [1.54, 1.807) is 0 Å². The van der Waals surface area contributed by atoms with E-state index in [9.17, 15) is 9.59 Å². The highest BCUT2D eigenvalue weighted by atomic mass is 16.2. The van der Waals surface area contributed by atoms with Crippen molar-refractivity contribution in [1.82, 2.24) is 25.0 Å². The third kappa shape index (κ3) is 3.22. The number of likely N-dealkylation sites (N-methyl/N-ethyl adjacent to an activating group) is 1. The number of hydrogen-bond donors (Lipinski definition) is 1. The first-order valence-electron chi connectivity index (χ1n) is 6.89. The van der Waals surface area contributed by atoms with Crippen LogP contribution in [0.15, 0.2) is 6.33 Å². The lowest BCUT2D eigenvalue weighted by Crippen LogP contribution is -2.51. The van der Waals surface area contributed by atoms with Crippen LogP contribution in [0.2, 0.25) is 0 Å². The fourth-order valence-electron chi connectivity index (χ4n) is 2.24. The molecule has 0 radical (unpaired) electrons. The Bertz CT molecular complexity index is 497. The highest BCUT2D eigenvalue weighted by molar-refractivity contribution is 6.00. The fraction of sp³-hybridized carbons (Fsp3) is 0.692. The van der Waals surface area contributed by atoms with Gasteiger partial charge in [-0.3, -0.25) is 19.8 Å². The molecule has 0 aromatic carbocycles. The monoisotopic (exact) mass is 279 g/mol. The third-order valence-electron chi connectivity index (χ3n) is 3.39. The molecule has 1 saturated heterocycles. The van der Waals surface area contributed by atoms with Gasteiger partial charge in [0.25, 0.3) is 0 Å². The van der Waals surface area contributed by atoms with Crippen LogP contribution in [0.5, 0.6) is 0 Å². The Morgan fingerprint density at radius 3 is 2.90 bits per heavy atom. The van der Waals surface area contributed by atoms with Crippen LogP contribution in [0.25, 0.3) is 0 Å². The van der Waals surface area contributed by atoms with Gasteiger partial charge in [-0.05, 0) is 12.3 Å². The molecule has 110 valence electrons. The van der Waals surface area contributed by atoms with Crippen molar-refractivity contribution in [2.75, 3.05) is 7.05 Å². The van der Waals surface area contributed by atoms with Crippen LogP contribution >= 0.6 is 0 Å². The number of carbonyl (C=O) groups excluding carboxylic acids is 2. The Morgan fingerprint density at radius 2 is 2.20 bits per heavy atom. The molecule has 0 spiro atoms. The third-order valence-corrected chi connectivity index (χ3v) is 3.39. The molecule has 1 aliphatic rings. The number of rotatable bonds is 5. The maximum Gasteiger partial charge on any atom is 0.246 e. The van der Waals surface area contributed by atoms with Gasteiger partial charge in [0.15, 0.2) is 0 Å². The molecule has 2 heterocycles.